The van der Waals surface area contributed by atoms with Crippen LogP contribution in [0.2, 0.25) is 0 Å². The van der Waals surface area contributed by atoms with Crippen LogP contribution in [-0.2, 0) is 0 Å². The number of amides is 2. The molecule has 1 fully saturated rings. The molecule has 1 aliphatic rings. The largest absolute Gasteiger partial charge is 0.337 e. The average Bonchev–Trinajstić information content (AvgIpc) is 2.96. The van der Waals surface area contributed by atoms with Gasteiger partial charge in [0.05, 0.1) is 0 Å². The zero-order chi connectivity index (χ0) is 13.8. The van der Waals surface area contributed by atoms with Crippen molar-refractivity contribution in [3.05, 3.63) is 5.01 Å². The van der Waals surface area contributed by atoms with E-state index >= 15 is 0 Å². The summed E-state index contributed by atoms with van der Waals surface area (Å²) in [5, 5.41) is 14.7. The Balaban J connectivity index is 1.70. The molecule has 6 nitrogen and oxygen atoms in total. The minimum atomic E-state index is -0.195. The number of hydrogen-bond donors (Lipinski definition) is 2. The Hall–Kier alpha value is -1.21. The van der Waals surface area contributed by atoms with Crippen molar-refractivity contribution in [3.8, 4) is 0 Å². The molecular formula is C12H21N5OS. The van der Waals surface area contributed by atoms with Gasteiger partial charge in [-0.05, 0) is 39.7 Å². The molecule has 1 aromatic rings. The topological polar surface area (TPSA) is 70.1 Å². The minimum absolute atomic E-state index is 0.195. The first-order valence-corrected chi connectivity index (χ1v) is 7.45. The number of carbonyl (C=O) groups excluding carboxylic acids is 1. The summed E-state index contributed by atoms with van der Waals surface area (Å²) in [6.45, 7) is 9.18. The summed E-state index contributed by atoms with van der Waals surface area (Å²) in [7, 11) is 0. The summed E-state index contributed by atoms with van der Waals surface area (Å²) < 4.78 is 0. The van der Waals surface area contributed by atoms with Crippen LogP contribution in [0.3, 0.4) is 0 Å². The van der Waals surface area contributed by atoms with Crippen molar-refractivity contribution in [2.24, 2.45) is 5.92 Å². The second-order valence-electron chi connectivity index (χ2n) is 5.20. The fourth-order valence-corrected chi connectivity index (χ4v) is 2.81. The Labute approximate surface area is 117 Å². The highest BCUT2D eigenvalue weighted by atomic mass is 32.1. The molecule has 1 saturated heterocycles. The molecule has 0 aliphatic carbocycles. The molecule has 0 spiro atoms. The Bertz CT molecular complexity index is 434. The fraction of sp³-hybridized carbons (Fsp3) is 0.750. The maximum atomic E-state index is 11.7. The zero-order valence-electron chi connectivity index (χ0n) is 11.6. The third kappa shape index (κ3) is 4.14. The van der Waals surface area contributed by atoms with Gasteiger partial charge in [-0.15, -0.1) is 10.2 Å². The maximum absolute atomic E-state index is 11.7. The summed E-state index contributed by atoms with van der Waals surface area (Å²) >= 11 is 1.38. The third-order valence-corrected chi connectivity index (χ3v) is 4.10. The number of urea groups is 1. The molecule has 0 unspecified atom stereocenters. The number of aryl methyl sites for hydroxylation is 1. The van der Waals surface area contributed by atoms with Gasteiger partial charge in [0.15, 0.2) is 0 Å². The second-order valence-corrected chi connectivity index (χ2v) is 6.39. The van der Waals surface area contributed by atoms with Crippen molar-refractivity contribution in [1.29, 1.82) is 0 Å². The Morgan fingerprint density at radius 1 is 1.53 bits per heavy atom. The van der Waals surface area contributed by atoms with E-state index in [1.807, 2.05) is 6.92 Å². The summed E-state index contributed by atoms with van der Waals surface area (Å²) in [5.41, 5.74) is 0. The monoisotopic (exact) mass is 283 g/mol. The highest BCUT2D eigenvalue weighted by Crippen LogP contribution is 2.18. The number of aromatic nitrogens is 2. The summed E-state index contributed by atoms with van der Waals surface area (Å²) in [4.78, 5) is 14.1. The van der Waals surface area contributed by atoms with E-state index in [2.05, 4.69) is 39.6 Å². The standard InChI is InChI=1S/C12H21N5OS/c1-8(2)17-5-4-10(7-17)6-13-11(18)14-12-16-15-9(3)19-12/h8,10H,4-7H2,1-3H3,(H2,13,14,16,18)/t10-/m0/s1. The fourth-order valence-electron chi connectivity index (χ4n) is 2.22. The first-order chi connectivity index (χ1) is 9.04. The number of nitrogens with zero attached hydrogens (tertiary/aromatic N) is 3. The van der Waals surface area contributed by atoms with Gasteiger partial charge < -0.3 is 10.2 Å². The molecule has 0 radical (unpaired) electrons. The van der Waals surface area contributed by atoms with Crippen molar-refractivity contribution in [1.82, 2.24) is 20.4 Å². The van der Waals surface area contributed by atoms with Crippen LogP contribution in [0.25, 0.3) is 0 Å². The number of nitrogens with one attached hydrogen (secondary N) is 2. The van der Waals surface area contributed by atoms with Gasteiger partial charge in [-0.2, -0.15) is 0 Å². The summed E-state index contributed by atoms with van der Waals surface area (Å²) in [6.07, 6.45) is 1.15. The summed E-state index contributed by atoms with van der Waals surface area (Å²) in [6, 6.07) is 0.391. The Morgan fingerprint density at radius 2 is 2.32 bits per heavy atom. The van der Waals surface area contributed by atoms with Gasteiger partial charge in [-0.25, -0.2) is 4.79 Å². The van der Waals surface area contributed by atoms with Crippen LogP contribution < -0.4 is 10.6 Å². The lowest BCUT2D eigenvalue weighted by molar-refractivity contribution is 0.247. The van der Waals surface area contributed by atoms with Gasteiger partial charge in [0.25, 0.3) is 0 Å². The van der Waals surface area contributed by atoms with E-state index in [0.29, 0.717) is 23.6 Å². The molecule has 7 heteroatoms. The van der Waals surface area contributed by atoms with Gasteiger partial charge in [0.1, 0.15) is 5.01 Å². The SMILES string of the molecule is Cc1nnc(NC(=O)NC[C@@H]2CCN(C(C)C)C2)s1. The molecule has 2 heterocycles. The molecule has 0 aromatic carbocycles. The van der Waals surface area contributed by atoms with Crippen LogP contribution in [-0.4, -0.2) is 46.8 Å². The molecule has 1 aliphatic heterocycles. The highest BCUT2D eigenvalue weighted by molar-refractivity contribution is 7.15. The molecule has 2 amide bonds. The Kier molecular flexibility index (Phi) is 4.71. The van der Waals surface area contributed by atoms with Gasteiger partial charge >= 0.3 is 6.03 Å². The highest BCUT2D eigenvalue weighted by Gasteiger charge is 2.24. The van der Waals surface area contributed by atoms with Crippen molar-refractivity contribution in [2.75, 3.05) is 25.0 Å². The number of hydrogen-bond acceptors (Lipinski definition) is 5. The van der Waals surface area contributed by atoms with Crippen molar-refractivity contribution in [3.63, 3.8) is 0 Å². The molecule has 2 N–H and O–H groups in total. The maximum Gasteiger partial charge on any atom is 0.321 e. The molecule has 2 rings (SSSR count). The number of rotatable bonds is 4. The second kappa shape index (κ2) is 6.29. The average molecular weight is 283 g/mol. The van der Waals surface area contributed by atoms with E-state index in [1.54, 1.807) is 0 Å². The van der Waals surface area contributed by atoms with E-state index in [-0.39, 0.29) is 6.03 Å². The third-order valence-electron chi connectivity index (χ3n) is 3.35. The summed E-state index contributed by atoms with van der Waals surface area (Å²) in [5.74, 6) is 0.546. The van der Waals surface area contributed by atoms with E-state index in [4.69, 9.17) is 0 Å². The van der Waals surface area contributed by atoms with Crippen LogP contribution in [0.5, 0.6) is 0 Å². The predicted molar refractivity (Wildman–Crippen MR) is 76.5 cm³/mol. The van der Waals surface area contributed by atoms with Gasteiger partial charge in [0, 0.05) is 19.1 Å². The van der Waals surface area contributed by atoms with E-state index in [9.17, 15) is 4.79 Å². The van der Waals surface area contributed by atoms with Crippen LogP contribution >= 0.6 is 11.3 Å². The molecule has 1 atom stereocenters. The number of anilines is 1. The van der Waals surface area contributed by atoms with Crippen LogP contribution in [0.1, 0.15) is 25.3 Å². The first kappa shape index (κ1) is 14.2. The van der Waals surface area contributed by atoms with Crippen LogP contribution in [0.15, 0.2) is 0 Å². The molecular weight excluding hydrogens is 262 g/mol. The predicted octanol–water partition coefficient (Wildman–Crippen LogP) is 1.70. The molecule has 19 heavy (non-hydrogen) atoms. The molecule has 106 valence electrons. The molecule has 1 aromatic heterocycles. The lowest BCUT2D eigenvalue weighted by Crippen LogP contribution is -2.35. The smallest absolute Gasteiger partial charge is 0.321 e. The van der Waals surface area contributed by atoms with Gasteiger partial charge in [-0.1, -0.05) is 11.3 Å². The number of carbonyl (C=O) groups is 1. The lowest BCUT2D eigenvalue weighted by atomic mass is 10.1. The van der Waals surface area contributed by atoms with Crippen LogP contribution in [0.4, 0.5) is 9.93 Å². The normalized spacial score (nSPS) is 19.9. The zero-order valence-corrected chi connectivity index (χ0v) is 12.5. The van der Waals surface area contributed by atoms with Crippen molar-refractivity contribution >= 4 is 22.5 Å². The molecule has 0 saturated carbocycles. The van der Waals surface area contributed by atoms with Crippen molar-refractivity contribution < 1.29 is 4.79 Å². The van der Waals surface area contributed by atoms with Crippen molar-refractivity contribution in [2.45, 2.75) is 33.2 Å². The number of likely N-dealkylation sites (tertiary alicyclic amines) is 1. The Morgan fingerprint density at radius 3 is 2.89 bits per heavy atom. The van der Waals surface area contributed by atoms with Gasteiger partial charge in [-0.3, -0.25) is 5.32 Å². The van der Waals surface area contributed by atoms with Gasteiger partial charge in [0.2, 0.25) is 5.13 Å². The van der Waals surface area contributed by atoms with E-state index in [0.717, 1.165) is 24.5 Å². The lowest BCUT2D eigenvalue weighted by Gasteiger charge is -2.20. The quantitative estimate of drug-likeness (QED) is 0.882. The van der Waals surface area contributed by atoms with Crippen LogP contribution in [0, 0.1) is 12.8 Å². The van der Waals surface area contributed by atoms with E-state index in [1.165, 1.54) is 11.3 Å². The molecule has 0 bridgehead atoms. The minimum Gasteiger partial charge on any atom is -0.337 e. The van der Waals surface area contributed by atoms with E-state index < -0.39 is 0 Å². The first-order valence-electron chi connectivity index (χ1n) is 6.63.